The molecule has 1 heterocycles. The highest BCUT2D eigenvalue weighted by Crippen LogP contribution is 2.50. The molecule has 5 heteroatoms. The second-order valence-electron chi connectivity index (χ2n) is 5.64. The van der Waals surface area contributed by atoms with Crippen molar-refractivity contribution < 1.29 is 14.7 Å². The summed E-state index contributed by atoms with van der Waals surface area (Å²) in [7, 11) is 0. The SMILES string of the molecule is Cc1ccsc1[C@@H]1C[C@H]1C(=O)NCc1cccc(C(=O)O)c1. The molecule has 1 aliphatic carbocycles. The molecule has 1 fully saturated rings. The van der Waals surface area contributed by atoms with Crippen molar-refractivity contribution in [3.8, 4) is 0 Å². The summed E-state index contributed by atoms with van der Waals surface area (Å²) in [6.07, 6.45) is 0.905. The van der Waals surface area contributed by atoms with Gasteiger partial charge in [-0.1, -0.05) is 12.1 Å². The number of amides is 1. The number of aryl methyl sites for hydroxylation is 1. The van der Waals surface area contributed by atoms with Crippen molar-refractivity contribution in [1.82, 2.24) is 5.32 Å². The summed E-state index contributed by atoms with van der Waals surface area (Å²) in [5.74, 6) is -0.493. The van der Waals surface area contributed by atoms with Gasteiger partial charge < -0.3 is 10.4 Å². The molecule has 1 aliphatic rings. The third kappa shape index (κ3) is 3.04. The molecular formula is C17H17NO3S. The molecule has 1 aromatic heterocycles. The third-order valence-corrected chi connectivity index (χ3v) is 5.16. The van der Waals surface area contributed by atoms with E-state index in [4.69, 9.17) is 5.11 Å². The highest BCUT2D eigenvalue weighted by Gasteiger charge is 2.45. The molecule has 0 spiro atoms. The molecule has 114 valence electrons. The summed E-state index contributed by atoms with van der Waals surface area (Å²) in [4.78, 5) is 24.4. The summed E-state index contributed by atoms with van der Waals surface area (Å²) in [5, 5.41) is 13.9. The van der Waals surface area contributed by atoms with Crippen molar-refractivity contribution in [3.05, 3.63) is 57.3 Å². The maximum absolute atomic E-state index is 12.2. The molecule has 0 radical (unpaired) electrons. The maximum Gasteiger partial charge on any atom is 0.335 e. The van der Waals surface area contributed by atoms with Gasteiger partial charge in [-0.05, 0) is 48.1 Å². The number of hydrogen-bond acceptors (Lipinski definition) is 3. The lowest BCUT2D eigenvalue weighted by Crippen LogP contribution is -2.25. The number of rotatable bonds is 5. The predicted molar refractivity (Wildman–Crippen MR) is 85.2 cm³/mol. The van der Waals surface area contributed by atoms with Crippen LogP contribution in [0.1, 0.15) is 38.7 Å². The van der Waals surface area contributed by atoms with Gasteiger partial charge in [-0.25, -0.2) is 4.79 Å². The Morgan fingerprint density at radius 3 is 2.86 bits per heavy atom. The van der Waals surface area contributed by atoms with Gasteiger partial charge in [-0.3, -0.25) is 4.79 Å². The molecule has 3 rings (SSSR count). The Kier molecular flexibility index (Phi) is 3.98. The van der Waals surface area contributed by atoms with Crippen molar-refractivity contribution in [2.24, 2.45) is 5.92 Å². The molecule has 1 amide bonds. The van der Waals surface area contributed by atoms with Crippen molar-refractivity contribution in [1.29, 1.82) is 0 Å². The fraction of sp³-hybridized carbons (Fsp3) is 0.294. The molecular weight excluding hydrogens is 298 g/mol. The van der Waals surface area contributed by atoms with Gasteiger partial charge in [0.05, 0.1) is 5.56 Å². The van der Waals surface area contributed by atoms with Crippen molar-refractivity contribution >= 4 is 23.2 Å². The van der Waals surface area contributed by atoms with Crippen molar-refractivity contribution in [3.63, 3.8) is 0 Å². The van der Waals surface area contributed by atoms with Crippen LogP contribution in [0, 0.1) is 12.8 Å². The third-order valence-electron chi connectivity index (χ3n) is 4.01. The minimum atomic E-state index is -0.955. The molecule has 2 N–H and O–H groups in total. The molecule has 2 atom stereocenters. The second-order valence-corrected chi connectivity index (χ2v) is 6.59. The van der Waals surface area contributed by atoms with E-state index in [1.165, 1.54) is 10.4 Å². The lowest BCUT2D eigenvalue weighted by atomic mass is 10.1. The smallest absolute Gasteiger partial charge is 0.335 e. The molecule has 2 aromatic rings. The highest BCUT2D eigenvalue weighted by molar-refractivity contribution is 7.10. The number of carboxylic acid groups (broad SMARTS) is 1. The zero-order valence-electron chi connectivity index (χ0n) is 12.2. The average Bonchev–Trinajstić information content (AvgIpc) is 3.19. The second kappa shape index (κ2) is 5.93. The highest BCUT2D eigenvalue weighted by atomic mass is 32.1. The maximum atomic E-state index is 12.2. The summed E-state index contributed by atoms with van der Waals surface area (Å²) in [6, 6.07) is 8.74. The largest absolute Gasteiger partial charge is 0.478 e. The van der Waals surface area contributed by atoms with E-state index >= 15 is 0 Å². The van der Waals surface area contributed by atoms with Crippen LogP contribution in [-0.2, 0) is 11.3 Å². The average molecular weight is 315 g/mol. The van der Waals surface area contributed by atoms with E-state index in [0.29, 0.717) is 12.5 Å². The summed E-state index contributed by atoms with van der Waals surface area (Å²) in [5.41, 5.74) is 2.31. The summed E-state index contributed by atoms with van der Waals surface area (Å²) in [6.45, 7) is 2.45. The van der Waals surface area contributed by atoms with Crippen molar-refractivity contribution in [2.75, 3.05) is 0 Å². The van der Waals surface area contributed by atoms with E-state index in [0.717, 1.165) is 12.0 Å². The number of benzene rings is 1. The fourth-order valence-corrected chi connectivity index (χ4v) is 3.78. The van der Waals surface area contributed by atoms with E-state index in [-0.39, 0.29) is 17.4 Å². The van der Waals surface area contributed by atoms with Gasteiger partial charge >= 0.3 is 5.97 Å². The first-order valence-electron chi connectivity index (χ1n) is 7.20. The van der Waals surface area contributed by atoms with Gasteiger partial charge in [-0.15, -0.1) is 11.3 Å². The van der Waals surface area contributed by atoms with Crippen LogP contribution in [0.2, 0.25) is 0 Å². The molecule has 0 aliphatic heterocycles. The molecule has 4 nitrogen and oxygen atoms in total. The van der Waals surface area contributed by atoms with Crippen LogP contribution >= 0.6 is 11.3 Å². The quantitative estimate of drug-likeness (QED) is 0.890. The fourth-order valence-electron chi connectivity index (χ4n) is 2.67. The van der Waals surface area contributed by atoms with Gasteiger partial charge in [0.25, 0.3) is 0 Å². The van der Waals surface area contributed by atoms with Gasteiger partial charge in [0.2, 0.25) is 5.91 Å². The van der Waals surface area contributed by atoms with E-state index in [1.54, 1.807) is 29.5 Å². The van der Waals surface area contributed by atoms with Crippen LogP contribution in [0.5, 0.6) is 0 Å². The van der Waals surface area contributed by atoms with E-state index < -0.39 is 5.97 Å². The zero-order chi connectivity index (χ0) is 15.7. The van der Waals surface area contributed by atoms with Crippen LogP contribution in [0.15, 0.2) is 35.7 Å². The minimum absolute atomic E-state index is 0.0542. The molecule has 0 bridgehead atoms. The first-order chi connectivity index (χ1) is 10.6. The molecule has 0 unspecified atom stereocenters. The standard InChI is InChI=1S/C17H17NO3S/c1-10-5-6-22-15(10)13-8-14(13)16(19)18-9-11-3-2-4-12(7-11)17(20)21/h2-7,13-14H,8-9H2,1H3,(H,18,19)(H,20,21)/t13-,14-/m1/s1. The van der Waals surface area contributed by atoms with Gasteiger partial charge in [0.1, 0.15) is 0 Å². The normalized spacial score (nSPS) is 19.7. The number of carbonyl (C=O) groups excluding carboxylic acids is 1. The number of hydrogen-bond donors (Lipinski definition) is 2. The number of aromatic carboxylic acids is 1. The van der Waals surface area contributed by atoms with Crippen LogP contribution in [-0.4, -0.2) is 17.0 Å². The Balaban J connectivity index is 1.57. The Labute approximate surface area is 132 Å². The van der Waals surface area contributed by atoms with Crippen molar-refractivity contribution in [2.45, 2.75) is 25.8 Å². The first-order valence-corrected chi connectivity index (χ1v) is 8.08. The van der Waals surface area contributed by atoms with E-state index in [2.05, 4.69) is 23.7 Å². The van der Waals surface area contributed by atoms with Crippen LogP contribution < -0.4 is 5.32 Å². The minimum Gasteiger partial charge on any atom is -0.478 e. The monoisotopic (exact) mass is 315 g/mol. The Morgan fingerprint density at radius 1 is 1.36 bits per heavy atom. The first kappa shape index (κ1) is 14.8. The van der Waals surface area contributed by atoms with Crippen LogP contribution in [0.4, 0.5) is 0 Å². The van der Waals surface area contributed by atoms with Crippen LogP contribution in [0.3, 0.4) is 0 Å². The molecule has 0 saturated heterocycles. The van der Waals surface area contributed by atoms with Gasteiger partial charge in [0, 0.05) is 23.3 Å². The number of thiophene rings is 1. The lowest BCUT2D eigenvalue weighted by Gasteiger charge is -2.06. The topological polar surface area (TPSA) is 66.4 Å². The number of nitrogens with one attached hydrogen (secondary N) is 1. The van der Waals surface area contributed by atoms with E-state index in [9.17, 15) is 9.59 Å². The van der Waals surface area contributed by atoms with Crippen LogP contribution in [0.25, 0.3) is 0 Å². The number of carboxylic acids is 1. The molecule has 1 saturated carbocycles. The predicted octanol–water partition coefficient (Wildman–Crippen LogP) is 3.17. The summed E-state index contributed by atoms with van der Waals surface area (Å²) < 4.78 is 0. The number of carbonyl (C=O) groups is 2. The zero-order valence-corrected chi connectivity index (χ0v) is 13.0. The van der Waals surface area contributed by atoms with Gasteiger partial charge in [-0.2, -0.15) is 0 Å². The Hall–Kier alpha value is -2.14. The summed E-state index contributed by atoms with van der Waals surface area (Å²) >= 11 is 1.72. The lowest BCUT2D eigenvalue weighted by molar-refractivity contribution is -0.122. The molecule has 22 heavy (non-hydrogen) atoms. The Morgan fingerprint density at radius 2 is 2.18 bits per heavy atom. The van der Waals surface area contributed by atoms with Gasteiger partial charge in [0.15, 0.2) is 0 Å². The van der Waals surface area contributed by atoms with E-state index in [1.807, 2.05) is 6.07 Å². The Bertz CT molecular complexity index is 722. The molecule has 1 aromatic carbocycles.